The van der Waals surface area contributed by atoms with Crippen molar-refractivity contribution >= 4 is 28.8 Å². The van der Waals surface area contributed by atoms with E-state index in [9.17, 15) is 4.79 Å². The summed E-state index contributed by atoms with van der Waals surface area (Å²) in [4.78, 5) is 14.7. The van der Waals surface area contributed by atoms with Crippen LogP contribution in [0.2, 0.25) is 4.34 Å². The van der Waals surface area contributed by atoms with Crippen LogP contribution in [0, 0.1) is 0 Å². The number of thiophene rings is 1. The number of carbonyl (C=O) groups excluding carboxylic acids is 1. The molecule has 1 fully saturated rings. The molecule has 0 radical (unpaired) electrons. The minimum atomic E-state index is 0.118. The van der Waals surface area contributed by atoms with Crippen molar-refractivity contribution in [3.63, 3.8) is 0 Å². The number of rotatable bonds is 3. The zero-order valence-electron chi connectivity index (χ0n) is 9.49. The lowest BCUT2D eigenvalue weighted by Crippen LogP contribution is -2.35. The van der Waals surface area contributed by atoms with Crippen molar-refractivity contribution in [2.24, 2.45) is 5.73 Å². The molecule has 3 N–H and O–H groups in total. The third-order valence-corrected chi connectivity index (χ3v) is 4.27. The largest absolute Gasteiger partial charge is 0.355 e. The topological polar surface area (TPSA) is 58.4 Å². The van der Waals surface area contributed by atoms with E-state index in [0.29, 0.717) is 19.5 Å². The molecular formula is C11H16ClN3OS. The van der Waals surface area contributed by atoms with Gasteiger partial charge in [0.2, 0.25) is 5.91 Å². The first-order chi connectivity index (χ1) is 8.20. The Bertz CT molecular complexity index is 396. The Labute approximate surface area is 110 Å². The van der Waals surface area contributed by atoms with Gasteiger partial charge in [0.05, 0.1) is 10.4 Å². The molecule has 6 heteroatoms. The highest BCUT2D eigenvalue weighted by Crippen LogP contribution is 2.30. The van der Waals surface area contributed by atoms with Gasteiger partial charge in [-0.05, 0) is 12.1 Å². The predicted octanol–water partition coefficient (Wildman–Crippen LogP) is 1.22. The quantitative estimate of drug-likeness (QED) is 0.871. The van der Waals surface area contributed by atoms with Crippen molar-refractivity contribution in [2.75, 3.05) is 26.2 Å². The van der Waals surface area contributed by atoms with Crippen LogP contribution < -0.4 is 11.1 Å². The van der Waals surface area contributed by atoms with Gasteiger partial charge in [0.25, 0.3) is 0 Å². The smallest absolute Gasteiger partial charge is 0.221 e. The van der Waals surface area contributed by atoms with E-state index >= 15 is 0 Å². The second-order valence-electron chi connectivity index (χ2n) is 4.03. The van der Waals surface area contributed by atoms with Crippen molar-refractivity contribution in [2.45, 2.75) is 12.5 Å². The van der Waals surface area contributed by atoms with Crippen molar-refractivity contribution < 1.29 is 4.79 Å². The number of nitrogens with zero attached hydrogens (tertiary/aromatic N) is 1. The van der Waals surface area contributed by atoms with Crippen LogP contribution in [0.5, 0.6) is 0 Å². The van der Waals surface area contributed by atoms with Gasteiger partial charge in [0.1, 0.15) is 0 Å². The molecule has 1 aromatic heterocycles. The fourth-order valence-electron chi connectivity index (χ4n) is 2.05. The average molecular weight is 274 g/mol. The van der Waals surface area contributed by atoms with E-state index in [1.165, 1.54) is 4.88 Å². The zero-order valence-corrected chi connectivity index (χ0v) is 11.1. The number of nitrogens with one attached hydrogen (secondary N) is 1. The van der Waals surface area contributed by atoms with Crippen LogP contribution >= 0.6 is 22.9 Å². The Kier molecular flexibility index (Phi) is 4.39. The summed E-state index contributed by atoms with van der Waals surface area (Å²) in [5, 5.41) is 2.87. The molecule has 2 rings (SSSR count). The number of nitrogens with two attached hydrogens (primary N) is 1. The van der Waals surface area contributed by atoms with Crippen LogP contribution in [0.15, 0.2) is 12.1 Å². The molecule has 1 amide bonds. The van der Waals surface area contributed by atoms with Gasteiger partial charge in [0.15, 0.2) is 0 Å². The maximum Gasteiger partial charge on any atom is 0.221 e. The van der Waals surface area contributed by atoms with Gasteiger partial charge in [-0.25, -0.2) is 0 Å². The Morgan fingerprint density at radius 1 is 1.53 bits per heavy atom. The van der Waals surface area contributed by atoms with Gasteiger partial charge in [-0.2, -0.15) is 0 Å². The van der Waals surface area contributed by atoms with Crippen molar-refractivity contribution in [3.05, 3.63) is 21.3 Å². The summed E-state index contributed by atoms with van der Waals surface area (Å²) in [5.41, 5.74) is 5.85. The lowest BCUT2D eigenvalue weighted by Gasteiger charge is -2.28. The predicted molar refractivity (Wildman–Crippen MR) is 70.3 cm³/mol. The second kappa shape index (κ2) is 5.82. The van der Waals surface area contributed by atoms with E-state index in [-0.39, 0.29) is 11.9 Å². The molecule has 1 atom stereocenters. The van der Waals surface area contributed by atoms with Crippen LogP contribution in [0.4, 0.5) is 0 Å². The molecule has 1 aliphatic rings. The maximum absolute atomic E-state index is 11.3. The Morgan fingerprint density at radius 2 is 2.35 bits per heavy atom. The fourth-order valence-corrected chi connectivity index (χ4v) is 3.26. The summed E-state index contributed by atoms with van der Waals surface area (Å²) < 4.78 is 0.780. The third-order valence-electron chi connectivity index (χ3n) is 2.93. The van der Waals surface area contributed by atoms with Crippen molar-refractivity contribution in [1.82, 2.24) is 10.2 Å². The molecule has 4 nitrogen and oxygen atoms in total. The minimum absolute atomic E-state index is 0.118. The number of hydrogen-bond acceptors (Lipinski definition) is 4. The summed E-state index contributed by atoms with van der Waals surface area (Å²) in [6.07, 6.45) is 0.537. The summed E-state index contributed by atoms with van der Waals surface area (Å²) >= 11 is 7.51. The summed E-state index contributed by atoms with van der Waals surface area (Å²) in [6, 6.07) is 4.08. The highest BCUT2D eigenvalue weighted by atomic mass is 35.5. The van der Waals surface area contributed by atoms with Crippen molar-refractivity contribution in [3.8, 4) is 0 Å². The first kappa shape index (κ1) is 12.8. The molecule has 1 saturated heterocycles. The minimum Gasteiger partial charge on any atom is -0.355 e. The van der Waals surface area contributed by atoms with E-state index in [1.54, 1.807) is 11.3 Å². The normalized spacial score (nSPS) is 19.8. The number of carbonyl (C=O) groups is 1. The molecule has 1 aliphatic heterocycles. The monoisotopic (exact) mass is 273 g/mol. The van der Waals surface area contributed by atoms with Crippen LogP contribution in [-0.4, -0.2) is 37.0 Å². The number of halogens is 1. The average Bonchev–Trinajstić information content (AvgIpc) is 2.61. The first-order valence-electron chi connectivity index (χ1n) is 5.66. The van der Waals surface area contributed by atoms with Gasteiger partial charge in [-0.1, -0.05) is 11.6 Å². The number of amides is 1. The summed E-state index contributed by atoms with van der Waals surface area (Å²) in [6.45, 7) is 2.83. The SMILES string of the molecule is NCC(c1ccc(Cl)s1)N1CCNC(=O)CC1. The van der Waals surface area contributed by atoms with Crippen LogP contribution in [-0.2, 0) is 4.79 Å². The first-order valence-corrected chi connectivity index (χ1v) is 6.86. The third kappa shape index (κ3) is 3.19. The maximum atomic E-state index is 11.3. The standard InChI is InChI=1S/C11H16ClN3OS/c12-10-2-1-9(17-10)8(7-13)15-5-3-11(16)14-4-6-15/h1-2,8H,3-7,13H2,(H,14,16). The highest BCUT2D eigenvalue weighted by molar-refractivity contribution is 7.16. The Morgan fingerprint density at radius 3 is 3.00 bits per heavy atom. The van der Waals surface area contributed by atoms with Gasteiger partial charge in [-0.15, -0.1) is 11.3 Å². The molecular weight excluding hydrogens is 258 g/mol. The van der Waals surface area contributed by atoms with E-state index in [0.717, 1.165) is 17.4 Å². The molecule has 0 aliphatic carbocycles. The molecule has 1 unspecified atom stereocenters. The zero-order chi connectivity index (χ0) is 12.3. The molecule has 1 aromatic rings. The van der Waals surface area contributed by atoms with Crippen molar-refractivity contribution in [1.29, 1.82) is 0 Å². The highest BCUT2D eigenvalue weighted by Gasteiger charge is 2.23. The molecule has 2 heterocycles. The summed E-state index contributed by atoms with van der Waals surface area (Å²) in [7, 11) is 0. The molecule has 0 bridgehead atoms. The van der Waals surface area contributed by atoms with Crippen LogP contribution in [0.25, 0.3) is 0 Å². The van der Waals surface area contributed by atoms with E-state index < -0.39 is 0 Å². The Hall–Kier alpha value is -0.620. The molecule has 0 aromatic carbocycles. The number of hydrogen-bond donors (Lipinski definition) is 2. The molecule has 0 saturated carbocycles. The fraction of sp³-hybridized carbons (Fsp3) is 0.545. The lowest BCUT2D eigenvalue weighted by molar-refractivity contribution is -0.120. The molecule has 94 valence electrons. The lowest BCUT2D eigenvalue weighted by atomic mass is 10.2. The van der Waals surface area contributed by atoms with Gasteiger partial charge < -0.3 is 11.1 Å². The molecule has 17 heavy (non-hydrogen) atoms. The second-order valence-corrected chi connectivity index (χ2v) is 5.78. The molecule has 0 spiro atoms. The van der Waals surface area contributed by atoms with E-state index in [4.69, 9.17) is 17.3 Å². The van der Waals surface area contributed by atoms with Crippen LogP contribution in [0.1, 0.15) is 17.3 Å². The van der Waals surface area contributed by atoms with Gasteiger partial charge in [0, 0.05) is 37.5 Å². The van der Waals surface area contributed by atoms with Crippen LogP contribution in [0.3, 0.4) is 0 Å². The van der Waals surface area contributed by atoms with Gasteiger partial charge >= 0.3 is 0 Å². The Balaban J connectivity index is 2.09. The van der Waals surface area contributed by atoms with E-state index in [2.05, 4.69) is 10.2 Å². The summed E-state index contributed by atoms with van der Waals surface area (Å²) in [5.74, 6) is 0.118. The van der Waals surface area contributed by atoms with E-state index in [1.807, 2.05) is 12.1 Å². The van der Waals surface area contributed by atoms with Gasteiger partial charge in [-0.3, -0.25) is 9.69 Å².